The molecule has 0 unspecified atom stereocenters. The molecule has 0 heterocycles. The Bertz CT molecular complexity index is 567. The lowest BCUT2D eigenvalue weighted by Crippen LogP contribution is -2.21. The van der Waals surface area contributed by atoms with Gasteiger partial charge in [0.2, 0.25) is 5.91 Å². The molecule has 104 valence electrons. The Morgan fingerprint density at radius 1 is 1.00 bits per heavy atom. The van der Waals surface area contributed by atoms with E-state index in [0.29, 0.717) is 0 Å². The number of anilines is 3. The molecule has 0 radical (unpaired) electrons. The number of nitrogens with zero attached hydrogens (tertiary/aromatic N) is 1. The van der Waals surface area contributed by atoms with Crippen molar-refractivity contribution in [1.82, 2.24) is 0 Å². The molecule has 20 heavy (non-hydrogen) atoms. The minimum absolute atomic E-state index is 0.0635. The van der Waals surface area contributed by atoms with Crippen LogP contribution in [-0.2, 0) is 4.79 Å². The highest BCUT2D eigenvalue weighted by molar-refractivity contribution is 5.93. The molecule has 0 atom stereocenters. The lowest BCUT2D eigenvalue weighted by atomic mass is 10.2. The summed E-state index contributed by atoms with van der Waals surface area (Å²) >= 11 is 0. The maximum atomic E-state index is 11.8. The van der Waals surface area contributed by atoms with Crippen molar-refractivity contribution in [2.75, 3.05) is 36.2 Å². The molecule has 0 saturated carbocycles. The number of hydrogen-bond acceptors (Lipinski definition) is 3. The Balaban J connectivity index is 1.89. The summed E-state index contributed by atoms with van der Waals surface area (Å²) in [6.45, 7) is 0.242. The van der Waals surface area contributed by atoms with Gasteiger partial charge in [-0.1, -0.05) is 24.3 Å². The molecular formula is C16H19N3O. The van der Waals surface area contributed by atoms with E-state index in [-0.39, 0.29) is 12.5 Å². The Morgan fingerprint density at radius 2 is 1.70 bits per heavy atom. The third-order valence-electron chi connectivity index (χ3n) is 2.87. The molecule has 0 spiro atoms. The van der Waals surface area contributed by atoms with Crippen molar-refractivity contribution < 1.29 is 4.79 Å². The van der Waals surface area contributed by atoms with Gasteiger partial charge in [-0.25, -0.2) is 0 Å². The third kappa shape index (κ3) is 4.02. The summed E-state index contributed by atoms with van der Waals surface area (Å²) in [5, 5.41) is 5.96. The summed E-state index contributed by atoms with van der Waals surface area (Å²) in [5.74, 6) is -0.0635. The zero-order valence-corrected chi connectivity index (χ0v) is 11.8. The number of amides is 1. The summed E-state index contributed by atoms with van der Waals surface area (Å²) < 4.78 is 0. The molecule has 0 aliphatic rings. The van der Waals surface area contributed by atoms with Crippen molar-refractivity contribution in [3.05, 3.63) is 54.6 Å². The van der Waals surface area contributed by atoms with Crippen LogP contribution in [-0.4, -0.2) is 26.5 Å². The first-order chi connectivity index (χ1) is 9.65. The smallest absolute Gasteiger partial charge is 0.243 e. The highest BCUT2D eigenvalue weighted by Crippen LogP contribution is 2.17. The van der Waals surface area contributed by atoms with Crippen molar-refractivity contribution in [2.24, 2.45) is 0 Å². The topological polar surface area (TPSA) is 44.4 Å². The Kier molecular flexibility index (Phi) is 4.60. The third-order valence-corrected chi connectivity index (χ3v) is 2.87. The first-order valence-electron chi connectivity index (χ1n) is 6.51. The van der Waals surface area contributed by atoms with Crippen LogP contribution >= 0.6 is 0 Å². The van der Waals surface area contributed by atoms with Crippen molar-refractivity contribution in [3.63, 3.8) is 0 Å². The van der Waals surface area contributed by atoms with E-state index in [2.05, 4.69) is 10.6 Å². The number of benzene rings is 2. The normalized spacial score (nSPS) is 9.90. The molecule has 2 N–H and O–H groups in total. The second-order valence-corrected chi connectivity index (χ2v) is 4.71. The van der Waals surface area contributed by atoms with Gasteiger partial charge in [-0.3, -0.25) is 4.79 Å². The summed E-state index contributed by atoms with van der Waals surface area (Å²) in [7, 11) is 3.97. The average molecular weight is 269 g/mol. The minimum Gasteiger partial charge on any atom is -0.378 e. The largest absolute Gasteiger partial charge is 0.378 e. The summed E-state index contributed by atoms with van der Waals surface area (Å²) in [5.41, 5.74) is 2.83. The number of rotatable bonds is 5. The zero-order chi connectivity index (χ0) is 14.4. The van der Waals surface area contributed by atoms with E-state index < -0.39 is 0 Å². The molecule has 0 aliphatic heterocycles. The Labute approximate surface area is 119 Å². The minimum atomic E-state index is -0.0635. The van der Waals surface area contributed by atoms with Crippen LogP contribution in [0, 0.1) is 0 Å². The maximum absolute atomic E-state index is 11.8. The van der Waals surface area contributed by atoms with E-state index in [1.165, 1.54) is 0 Å². The van der Waals surface area contributed by atoms with Crippen LogP contribution in [0.15, 0.2) is 54.6 Å². The number of carbonyl (C=O) groups is 1. The van der Waals surface area contributed by atoms with Crippen molar-refractivity contribution in [1.29, 1.82) is 0 Å². The molecule has 4 heteroatoms. The van der Waals surface area contributed by atoms with Crippen molar-refractivity contribution in [2.45, 2.75) is 0 Å². The van der Waals surface area contributed by atoms with E-state index in [9.17, 15) is 4.79 Å². The van der Waals surface area contributed by atoms with Gasteiger partial charge in [-0.05, 0) is 30.3 Å². The van der Waals surface area contributed by atoms with E-state index in [1.807, 2.05) is 73.6 Å². The first kappa shape index (κ1) is 13.9. The number of carbonyl (C=O) groups excluding carboxylic acids is 1. The van der Waals surface area contributed by atoms with Gasteiger partial charge >= 0.3 is 0 Å². The van der Waals surface area contributed by atoms with E-state index in [4.69, 9.17) is 0 Å². The molecule has 2 aromatic carbocycles. The van der Waals surface area contributed by atoms with Crippen LogP contribution in [0.1, 0.15) is 0 Å². The molecule has 4 nitrogen and oxygen atoms in total. The van der Waals surface area contributed by atoms with Crippen molar-refractivity contribution in [3.8, 4) is 0 Å². The van der Waals surface area contributed by atoms with Gasteiger partial charge in [0, 0.05) is 31.2 Å². The lowest BCUT2D eigenvalue weighted by Gasteiger charge is -2.14. The fourth-order valence-corrected chi connectivity index (χ4v) is 1.80. The SMILES string of the molecule is CN(C)c1cccc(NCC(=O)Nc2ccccc2)c1. The lowest BCUT2D eigenvalue weighted by molar-refractivity contribution is -0.114. The molecule has 1 amide bonds. The zero-order valence-electron chi connectivity index (χ0n) is 11.8. The Morgan fingerprint density at radius 3 is 2.40 bits per heavy atom. The van der Waals surface area contributed by atoms with Gasteiger partial charge in [-0.15, -0.1) is 0 Å². The number of hydrogen-bond donors (Lipinski definition) is 2. The van der Waals surface area contributed by atoms with E-state index >= 15 is 0 Å². The molecule has 0 aliphatic carbocycles. The monoisotopic (exact) mass is 269 g/mol. The van der Waals surface area contributed by atoms with E-state index in [1.54, 1.807) is 0 Å². The second-order valence-electron chi connectivity index (χ2n) is 4.71. The molecule has 0 bridgehead atoms. The summed E-state index contributed by atoms with van der Waals surface area (Å²) in [4.78, 5) is 13.8. The van der Waals surface area contributed by atoms with Gasteiger partial charge in [0.1, 0.15) is 0 Å². The summed E-state index contributed by atoms with van der Waals surface area (Å²) in [6.07, 6.45) is 0. The fourth-order valence-electron chi connectivity index (χ4n) is 1.80. The quantitative estimate of drug-likeness (QED) is 0.877. The molecule has 2 rings (SSSR count). The molecular weight excluding hydrogens is 250 g/mol. The van der Waals surface area contributed by atoms with Gasteiger partial charge in [0.25, 0.3) is 0 Å². The van der Waals surface area contributed by atoms with Gasteiger partial charge < -0.3 is 15.5 Å². The van der Waals surface area contributed by atoms with Gasteiger partial charge in [-0.2, -0.15) is 0 Å². The van der Waals surface area contributed by atoms with Crippen LogP contribution in [0.25, 0.3) is 0 Å². The predicted octanol–water partition coefficient (Wildman–Crippen LogP) is 2.80. The van der Waals surface area contributed by atoms with Crippen LogP contribution in [0.3, 0.4) is 0 Å². The van der Waals surface area contributed by atoms with Gasteiger partial charge in [0.15, 0.2) is 0 Å². The predicted molar refractivity (Wildman–Crippen MR) is 84.3 cm³/mol. The highest BCUT2D eigenvalue weighted by atomic mass is 16.1. The highest BCUT2D eigenvalue weighted by Gasteiger charge is 2.02. The molecule has 2 aromatic rings. The van der Waals surface area contributed by atoms with Crippen LogP contribution in [0.5, 0.6) is 0 Å². The molecule has 0 fully saturated rings. The number of para-hydroxylation sites is 1. The van der Waals surface area contributed by atoms with Gasteiger partial charge in [0.05, 0.1) is 6.54 Å². The maximum Gasteiger partial charge on any atom is 0.243 e. The van der Waals surface area contributed by atoms with Crippen LogP contribution < -0.4 is 15.5 Å². The van der Waals surface area contributed by atoms with Crippen LogP contribution in [0.2, 0.25) is 0 Å². The molecule has 0 saturated heterocycles. The second kappa shape index (κ2) is 6.61. The first-order valence-corrected chi connectivity index (χ1v) is 6.51. The van der Waals surface area contributed by atoms with Crippen molar-refractivity contribution >= 4 is 23.0 Å². The Hall–Kier alpha value is -2.49. The van der Waals surface area contributed by atoms with Crippen LogP contribution in [0.4, 0.5) is 17.1 Å². The fraction of sp³-hybridized carbons (Fsp3) is 0.188. The average Bonchev–Trinajstić information content (AvgIpc) is 2.46. The summed E-state index contributed by atoms with van der Waals surface area (Å²) in [6, 6.07) is 17.4. The molecule has 0 aromatic heterocycles. The van der Waals surface area contributed by atoms with E-state index in [0.717, 1.165) is 17.1 Å². The number of nitrogens with one attached hydrogen (secondary N) is 2. The standard InChI is InChI=1S/C16H19N3O/c1-19(2)15-10-6-9-14(11-15)17-12-16(20)18-13-7-4-3-5-8-13/h3-11,17H,12H2,1-2H3,(H,18,20).